The molecule has 1 aromatic heterocycles. The lowest BCUT2D eigenvalue weighted by Gasteiger charge is -2.26. The molecule has 138 valence electrons. The molecule has 0 bridgehead atoms. The van der Waals surface area contributed by atoms with Crippen molar-refractivity contribution in [1.29, 1.82) is 0 Å². The number of hydrogen-bond acceptors (Lipinski definition) is 2. The van der Waals surface area contributed by atoms with E-state index in [0.29, 0.717) is 10.7 Å². The van der Waals surface area contributed by atoms with Gasteiger partial charge in [0.25, 0.3) is 0 Å². The van der Waals surface area contributed by atoms with Gasteiger partial charge in [-0.25, -0.2) is 4.79 Å². The Morgan fingerprint density at radius 2 is 1.71 bits per heavy atom. The third kappa shape index (κ3) is 7.29. The highest BCUT2D eigenvalue weighted by molar-refractivity contribution is 6.33. The minimum atomic E-state index is -0.368. The standard InChI is InChI=1S/C20H34ClNO2/c1-5-6-7-8-9-10-11-12-14-20(2,3)16-22-15-13-17(21)18(22)19(23)24-4/h13,15H,5-12,14,16H2,1-4H3. The topological polar surface area (TPSA) is 31.2 Å². The molecule has 0 aromatic carbocycles. The Hall–Kier alpha value is -0.960. The summed E-state index contributed by atoms with van der Waals surface area (Å²) in [5.74, 6) is -0.368. The number of hydrogen-bond donors (Lipinski definition) is 0. The van der Waals surface area contributed by atoms with E-state index >= 15 is 0 Å². The van der Waals surface area contributed by atoms with Crippen molar-refractivity contribution >= 4 is 17.6 Å². The monoisotopic (exact) mass is 355 g/mol. The number of carbonyl (C=O) groups excluding carboxylic acids is 1. The summed E-state index contributed by atoms with van der Waals surface area (Å²) in [6.45, 7) is 7.54. The molecule has 0 fully saturated rings. The van der Waals surface area contributed by atoms with Crippen LogP contribution in [0.15, 0.2) is 12.3 Å². The molecular formula is C20H34ClNO2. The molecule has 0 aliphatic rings. The van der Waals surface area contributed by atoms with E-state index in [0.717, 1.165) is 13.0 Å². The molecule has 0 radical (unpaired) electrons. The van der Waals surface area contributed by atoms with Gasteiger partial charge in [-0.05, 0) is 17.9 Å². The minimum Gasteiger partial charge on any atom is -0.464 e. The van der Waals surface area contributed by atoms with E-state index in [9.17, 15) is 4.79 Å². The zero-order valence-electron chi connectivity index (χ0n) is 15.9. The fourth-order valence-electron chi connectivity index (χ4n) is 3.17. The minimum absolute atomic E-state index is 0.132. The fourth-order valence-corrected chi connectivity index (χ4v) is 3.41. The van der Waals surface area contributed by atoms with Gasteiger partial charge >= 0.3 is 5.97 Å². The van der Waals surface area contributed by atoms with Crippen molar-refractivity contribution < 1.29 is 9.53 Å². The van der Waals surface area contributed by atoms with Gasteiger partial charge in [0.05, 0.1) is 12.1 Å². The molecular weight excluding hydrogens is 322 g/mol. The number of halogens is 1. The largest absolute Gasteiger partial charge is 0.464 e. The van der Waals surface area contributed by atoms with Crippen LogP contribution in [-0.2, 0) is 11.3 Å². The Kier molecular flexibility index (Phi) is 9.50. The Balaban J connectivity index is 2.38. The molecule has 0 aliphatic heterocycles. The van der Waals surface area contributed by atoms with E-state index in [4.69, 9.17) is 16.3 Å². The first kappa shape index (κ1) is 21.1. The van der Waals surface area contributed by atoms with Gasteiger partial charge in [-0.2, -0.15) is 0 Å². The summed E-state index contributed by atoms with van der Waals surface area (Å²) in [4.78, 5) is 11.9. The lowest BCUT2D eigenvalue weighted by Crippen LogP contribution is -2.22. The van der Waals surface area contributed by atoms with Gasteiger partial charge in [0.2, 0.25) is 0 Å². The summed E-state index contributed by atoms with van der Waals surface area (Å²) in [6.07, 6.45) is 13.7. The van der Waals surface area contributed by atoms with Crippen LogP contribution in [0.3, 0.4) is 0 Å². The van der Waals surface area contributed by atoms with Crippen molar-refractivity contribution in [1.82, 2.24) is 4.57 Å². The average molecular weight is 356 g/mol. The number of rotatable bonds is 12. The van der Waals surface area contributed by atoms with Gasteiger partial charge in [0.15, 0.2) is 0 Å². The van der Waals surface area contributed by atoms with Crippen LogP contribution in [0.2, 0.25) is 5.02 Å². The number of esters is 1. The molecule has 0 saturated heterocycles. The predicted octanol–water partition coefficient (Wildman–Crippen LogP) is 6.49. The summed E-state index contributed by atoms with van der Waals surface area (Å²) < 4.78 is 6.77. The van der Waals surface area contributed by atoms with Gasteiger partial charge in [-0.1, -0.05) is 83.7 Å². The van der Waals surface area contributed by atoms with E-state index in [1.54, 1.807) is 6.07 Å². The van der Waals surface area contributed by atoms with Crippen molar-refractivity contribution in [3.63, 3.8) is 0 Å². The fraction of sp³-hybridized carbons (Fsp3) is 0.750. The molecule has 0 spiro atoms. The van der Waals surface area contributed by atoms with Crippen molar-refractivity contribution in [3.8, 4) is 0 Å². The third-order valence-electron chi connectivity index (χ3n) is 4.60. The van der Waals surface area contributed by atoms with E-state index in [1.807, 2.05) is 10.8 Å². The van der Waals surface area contributed by atoms with E-state index < -0.39 is 0 Å². The highest BCUT2D eigenvalue weighted by Gasteiger charge is 2.23. The molecule has 1 rings (SSSR count). The Bertz CT molecular complexity index is 494. The number of methoxy groups -OCH3 is 1. The summed E-state index contributed by atoms with van der Waals surface area (Å²) >= 11 is 6.12. The highest BCUT2D eigenvalue weighted by atomic mass is 35.5. The van der Waals surface area contributed by atoms with E-state index in [-0.39, 0.29) is 11.4 Å². The lowest BCUT2D eigenvalue weighted by atomic mass is 9.86. The Morgan fingerprint density at radius 1 is 1.12 bits per heavy atom. The molecule has 3 nitrogen and oxygen atoms in total. The molecule has 0 N–H and O–H groups in total. The summed E-state index contributed by atoms with van der Waals surface area (Å²) in [6, 6.07) is 1.76. The maximum atomic E-state index is 11.9. The molecule has 24 heavy (non-hydrogen) atoms. The molecule has 1 aromatic rings. The zero-order valence-corrected chi connectivity index (χ0v) is 16.6. The number of aromatic nitrogens is 1. The first-order valence-corrected chi connectivity index (χ1v) is 9.72. The number of carbonyl (C=O) groups is 1. The summed E-state index contributed by atoms with van der Waals surface area (Å²) in [5, 5.41) is 0.463. The predicted molar refractivity (Wildman–Crippen MR) is 102 cm³/mol. The van der Waals surface area contributed by atoms with Crippen molar-refractivity contribution in [2.45, 2.75) is 85.1 Å². The van der Waals surface area contributed by atoms with E-state index in [2.05, 4.69) is 20.8 Å². The number of unbranched alkanes of at least 4 members (excludes halogenated alkanes) is 7. The molecule has 0 amide bonds. The molecule has 4 heteroatoms. The van der Waals surface area contributed by atoms with Crippen molar-refractivity contribution in [2.75, 3.05) is 7.11 Å². The van der Waals surface area contributed by atoms with Gasteiger partial charge in [-0.3, -0.25) is 0 Å². The van der Waals surface area contributed by atoms with Gasteiger partial charge in [0.1, 0.15) is 5.69 Å². The average Bonchev–Trinajstić information content (AvgIpc) is 2.89. The van der Waals surface area contributed by atoms with Crippen LogP contribution in [0.25, 0.3) is 0 Å². The summed E-state index contributed by atoms with van der Waals surface area (Å²) in [7, 11) is 1.39. The van der Waals surface area contributed by atoms with Crippen LogP contribution >= 0.6 is 11.6 Å². The van der Waals surface area contributed by atoms with Crippen LogP contribution in [0, 0.1) is 5.41 Å². The normalized spacial score (nSPS) is 11.7. The maximum Gasteiger partial charge on any atom is 0.356 e. The second-order valence-electron chi connectivity index (χ2n) is 7.52. The second kappa shape index (κ2) is 10.8. The second-order valence-corrected chi connectivity index (χ2v) is 7.93. The zero-order chi connectivity index (χ0) is 18.0. The molecule has 0 saturated carbocycles. The molecule has 0 unspecified atom stereocenters. The van der Waals surface area contributed by atoms with E-state index in [1.165, 1.54) is 58.5 Å². The molecule has 0 atom stereocenters. The van der Waals surface area contributed by atoms with Crippen LogP contribution < -0.4 is 0 Å². The quantitative estimate of drug-likeness (QED) is 0.317. The lowest BCUT2D eigenvalue weighted by molar-refractivity contribution is 0.0585. The van der Waals surface area contributed by atoms with Crippen molar-refractivity contribution in [3.05, 3.63) is 23.0 Å². The van der Waals surface area contributed by atoms with Crippen LogP contribution in [0.1, 0.15) is 89.0 Å². The van der Waals surface area contributed by atoms with Crippen LogP contribution in [-0.4, -0.2) is 17.6 Å². The Morgan fingerprint density at radius 3 is 2.29 bits per heavy atom. The molecule has 0 aliphatic carbocycles. The van der Waals surface area contributed by atoms with Gasteiger partial charge in [0, 0.05) is 12.7 Å². The smallest absolute Gasteiger partial charge is 0.356 e. The Labute approximate surface area is 152 Å². The first-order chi connectivity index (χ1) is 11.4. The van der Waals surface area contributed by atoms with Gasteiger partial charge in [-0.15, -0.1) is 0 Å². The molecule has 1 heterocycles. The summed E-state index contributed by atoms with van der Waals surface area (Å²) in [5.41, 5.74) is 0.594. The van der Waals surface area contributed by atoms with Crippen LogP contribution in [0.4, 0.5) is 0 Å². The highest BCUT2D eigenvalue weighted by Crippen LogP contribution is 2.29. The van der Waals surface area contributed by atoms with Crippen LogP contribution in [0.5, 0.6) is 0 Å². The third-order valence-corrected chi connectivity index (χ3v) is 4.90. The SMILES string of the molecule is CCCCCCCCCCC(C)(C)Cn1ccc(Cl)c1C(=O)OC. The van der Waals surface area contributed by atoms with Gasteiger partial charge < -0.3 is 9.30 Å². The maximum absolute atomic E-state index is 11.9. The number of ether oxygens (including phenoxy) is 1. The number of nitrogens with zero attached hydrogens (tertiary/aromatic N) is 1. The first-order valence-electron chi connectivity index (χ1n) is 9.34. The van der Waals surface area contributed by atoms with Crippen molar-refractivity contribution in [2.24, 2.45) is 5.41 Å².